The number of hydrogen-bond acceptors (Lipinski definition) is 8. The molecule has 0 spiro atoms. The number of nitrogen functional groups attached to an aromatic ring is 1. The zero-order valence-corrected chi connectivity index (χ0v) is 17.5. The number of carbonyl (C=O) groups excluding carboxylic acids is 1. The summed E-state index contributed by atoms with van der Waals surface area (Å²) in [4.78, 5) is 25.8. The minimum absolute atomic E-state index is 0.00698. The molecule has 0 aliphatic carbocycles. The smallest absolute Gasteiger partial charge is 0.232 e. The number of nitrogens with zero attached hydrogens (tertiary/aromatic N) is 3. The normalized spacial score (nSPS) is 10.6. The lowest BCUT2D eigenvalue weighted by Gasteiger charge is -2.11. The Hall–Kier alpha value is -2.84. The van der Waals surface area contributed by atoms with Gasteiger partial charge in [0, 0.05) is 9.92 Å². The predicted molar refractivity (Wildman–Crippen MR) is 116 cm³/mol. The zero-order valence-electron chi connectivity index (χ0n) is 16.0. The van der Waals surface area contributed by atoms with Crippen LogP contribution in [-0.2, 0) is 11.2 Å². The Morgan fingerprint density at radius 1 is 1.17 bits per heavy atom. The highest BCUT2D eigenvalue weighted by atomic mass is 35.5. The number of nitrogens with one attached hydrogen (secondary N) is 1. The van der Waals surface area contributed by atoms with E-state index in [4.69, 9.17) is 22.1 Å². The topological polar surface area (TPSA) is 103 Å². The van der Waals surface area contributed by atoms with Crippen LogP contribution in [0, 0.1) is 6.92 Å². The number of aryl methyl sites for hydroxylation is 1. The SMILES string of the molecule is COc1ccc(Cl)cc1Nc1nc(N)nc(CC(=O)CSc2ccc(C)cc2)n1. The van der Waals surface area contributed by atoms with Crippen molar-refractivity contribution in [2.45, 2.75) is 18.2 Å². The molecule has 1 heterocycles. The molecule has 0 saturated carbocycles. The number of Topliss-reactive ketones (excluding diaryl/α,β-unsaturated/α-hetero) is 1. The number of hydrogen-bond donors (Lipinski definition) is 2. The van der Waals surface area contributed by atoms with Crippen LogP contribution < -0.4 is 15.8 Å². The number of ether oxygens (including phenoxy) is 1. The second kappa shape index (κ2) is 9.58. The van der Waals surface area contributed by atoms with Crippen LogP contribution in [0.5, 0.6) is 5.75 Å². The van der Waals surface area contributed by atoms with Gasteiger partial charge in [-0.3, -0.25) is 4.79 Å². The van der Waals surface area contributed by atoms with E-state index in [0.717, 1.165) is 4.90 Å². The first-order valence-electron chi connectivity index (χ1n) is 8.75. The molecular formula is C20H20ClN5O2S. The second-order valence-electron chi connectivity index (χ2n) is 6.22. The number of anilines is 3. The highest BCUT2D eigenvalue weighted by Crippen LogP contribution is 2.29. The lowest BCUT2D eigenvalue weighted by atomic mass is 10.2. The third-order valence-corrected chi connectivity index (χ3v) is 5.19. The van der Waals surface area contributed by atoms with Crippen molar-refractivity contribution in [1.82, 2.24) is 15.0 Å². The molecule has 0 aliphatic rings. The standard InChI is InChI=1S/C20H20ClN5O2S/c1-12-3-6-15(7-4-12)29-11-14(27)10-18-24-19(22)26-20(25-18)23-16-9-13(21)5-8-17(16)28-2/h3-9H,10-11H2,1-2H3,(H3,22,23,24,25,26). The maximum Gasteiger partial charge on any atom is 0.232 e. The van der Waals surface area contributed by atoms with Crippen molar-refractivity contribution in [3.05, 3.63) is 58.9 Å². The van der Waals surface area contributed by atoms with E-state index in [1.165, 1.54) is 17.3 Å². The van der Waals surface area contributed by atoms with Crippen LogP contribution in [0.15, 0.2) is 47.4 Å². The summed E-state index contributed by atoms with van der Waals surface area (Å²) in [6.07, 6.45) is 0.0624. The van der Waals surface area contributed by atoms with Crippen LogP contribution in [0.2, 0.25) is 5.02 Å². The number of ketones is 1. The fourth-order valence-corrected chi connectivity index (χ4v) is 3.43. The van der Waals surface area contributed by atoms with Crippen LogP contribution in [0.3, 0.4) is 0 Å². The van der Waals surface area contributed by atoms with E-state index in [1.807, 2.05) is 31.2 Å². The Morgan fingerprint density at radius 2 is 1.93 bits per heavy atom. The van der Waals surface area contributed by atoms with E-state index in [2.05, 4.69) is 20.3 Å². The summed E-state index contributed by atoms with van der Waals surface area (Å²) in [5, 5.41) is 3.54. The highest BCUT2D eigenvalue weighted by molar-refractivity contribution is 8.00. The Kier molecular flexibility index (Phi) is 6.90. The first-order chi connectivity index (χ1) is 13.9. The summed E-state index contributed by atoms with van der Waals surface area (Å²) in [6.45, 7) is 2.02. The molecule has 3 rings (SSSR count). The third-order valence-electron chi connectivity index (χ3n) is 3.88. The highest BCUT2D eigenvalue weighted by Gasteiger charge is 2.12. The fraction of sp³-hybridized carbons (Fsp3) is 0.200. The van der Waals surface area contributed by atoms with Gasteiger partial charge in [-0.1, -0.05) is 29.3 Å². The molecule has 0 fully saturated rings. The number of benzene rings is 2. The van der Waals surface area contributed by atoms with Crippen molar-refractivity contribution in [3.63, 3.8) is 0 Å². The molecule has 3 N–H and O–H groups in total. The van der Waals surface area contributed by atoms with E-state index < -0.39 is 0 Å². The van der Waals surface area contributed by atoms with E-state index in [1.54, 1.807) is 25.3 Å². The molecule has 150 valence electrons. The number of aromatic nitrogens is 3. The number of nitrogens with two attached hydrogens (primary N) is 1. The van der Waals surface area contributed by atoms with E-state index in [-0.39, 0.29) is 24.1 Å². The third kappa shape index (κ3) is 6.07. The molecule has 1 aromatic heterocycles. The van der Waals surface area contributed by atoms with E-state index in [9.17, 15) is 4.79 Å². The molecule has 7 nitrogen and oxygen atoms in total. The Morgan fingerprint density at radius 3 is 2.66 bits per heavy atom. The predicted octanol–water partition coefficient (Wildman–Crippen LogP) is 4.07. The molecule has 9 heteroatoms. The molecule has 0 aliphatic heterocycles. The second-order valence-corrected chi connectivity index (χ2v) is 7.71. The van der Waals surface area contributed by atoms with Gasteiger partial charge < -0.3 is 15.8 Å². The first kappa shape index (κ1) is 20.9. The number of methoxy groups -OCH3 is 1. The summed E-state index contributed by atoms with van der Waals surface area (Å²) in [7, 11) is 1.55. The average molecular weight is 430 g/mol. The van der Waals surface area contributed by atoms with Crippen molar-refractivity contribution >= 4 is 46.7 Å². The zero-order chi connectivity index (χ0) is 20.8. The first-order valence-corrected chi connectivity index (χ1v) is 10.1. The molecule has 0 bridgehead atoms. The fourth-order valence-electron chi connectivity index (χ4n) is 2.50. The van der Waals surface area contributed by atoms with E-state index >= 15 is 0 Å². The van der Waals surface area contributed by atoms with Crippen LogP contribution in [0.1, 0.15) is 11.4 Å². The molecule has 0 radical (unpaired) electrons. The van der Waals surface area contributed by atoms with Gasteiger partial charge in [0.25, 0.3) is 0 Å². The lowest BCUT2D eigenvalue weighted by Crippen LogP contribution is -2.13. The van der Waals surface area contributed by atoms with Crippen LogP contribution in [0.25, 0.3) is 0 Å². The van der Waals surface area contributed by atoms with Crippen molar-refractivity contribution in [1.29, 1.82) is 0 Å². The van der Waals surface area contributed by atoms with Gasteiger partial charge in [0.1, 0.15) is 11.6 Å². The van der Waals surface area contributed by atoms with Gasteiger partial charge in [-0.25, -0.2) is 0 Å². The summed E-state index contributed by atoms with van der Waals surface area (Å²) in [5.41, 5.74) is 7.55. The molecule has 0 saturated heterocycles. The summed E-state index contributed by atoms with van der Waals surface area (Å²) in [5.74, 6) is 1.42. The van der Waals surface area contributed by atoms with Gasteiger partial charge in [-0.2, -0.15) is 15.0 Å². The van der Waals surface area contributed by atoms with Gasteiger partial charge in [-0.15, -0.1) is 11.8 Å². The molecular weight excluding hydrogens is 410 g/mol. The van der Waals surface area contributed by atoms with Crippen molar-refractivity contribution in [2.75, 3.05) is 23.9 Å². The van der Waals surface area contributed by atoms with Crippen LogP contribution in [0.4, 0.5) is 17.6 Å². The number of carbonyl (C=O) groups is 1. The summed E-state index contributed by atoms with van der Waals surface area (Å²) in [6, 6.07) is 13.1. The number of halogens is 1. The van der Waals surface area contributed by atoms with Crippen molar-refractivity contribution in [2.24, 2.45) is 0 Å². The largest absolute Gasteiger partial charge is 0.495 e. The Balaban J connectivity index is 1.68. The van der Waals surface area contributed by atoms with Gasteiger partial charge in [0.15, 0.2) is 5.78 Å². The molecule has 0 atom stereocenters. The van der Waals surface area contributed by atoms with Gasteiger partial charge >= 0.3 is 0 Å². The number of thioether (sulfide) groups is 1. The Labute approximate surface area is 178 Å². The average Bonchev–Trinajstić information content (AvgIpc) is 2.67. The summed E-state index contributed by atoms with van der Waals surface area (Å²) < 4.78 is 5.30. The van der Waals surface area contributed by atoms with Gasteiger partial charge in [-0.05, 0) is 37.3 Å². The lowest BCUT2D eigenvalue weighted by molar-refractivity contribution is -0.116. The minimum atomic E-state index is -0.00698. The van der Waals surface area contributed by atoms with Crippen molar-refractivity contribution < 1.29 is 9.53 Å². The number of rotatable bonds is 8. The van der Waals surface area contributed by atoms with Crippen LogP contribution in [-0.4, -0.2) is 33.6 Å². The monoisotopic (exact) mass is 429 g/mol. The molecule has 3 aromatic rings. The molecule has 2 aromatic carbocycles. The summed E-state index contributed by atoms with van der Waals surface area (Å²) >= 11 is 7.52. The maximum atomic E-state index is 12.4. The van der Waals surface area contributed by atoms with Gasteiger partial charge in [0.2, 0.25) is 11.9 Å². The quantitative estimate of drug-likeness (QED) is 0.516. The van der Waals surface area contributed by atoms with E-state index in [0.29, 0.717) is 28.0 Å². The van der Waals surface area contributed by atoms with Crippen LogP contribution >= 0.6 is 23.4 Å². The Bertz CT molecular complexity index is 1010. The molecule has 0 amide bonds. The molecule has 29 heavy (non-hydrogen) atoms. The minimum Gasteiger partial charge on any atom is -0.495 e. The molecule has 0 unspecified atom stereocenters. The van der Waals surface area contributed by atoms with Gasteiger partial charge in [0.05, 0.1) is 25.0 Å². The maximum absolute atomic E-state index is 12.4. The van der Waals surface area contributed by atoms with Crippen molar-refractivity contribution in [3.8, 4) is 5.75 Å².